The van der Waals surface area contributed by atoms with E-state index in [9.17, 15) is 22.8 Å². The van der Waals surface area contributed by atoms with Crippen molar-refractivity contribution in [2.75, 3.05) is 13.2 Å². The number of ether oxygens (including phenoxy) is 1. The fourth-order valence-corrected chi connectivity index (χ4v) is 7.06. The van der Waals surface area contributed by atoms with Crippen molar-refractivity contribution < 1.29 is 31.9 Å². The van der Waals surface area contributed by atoms with Crippen LogP contribution in [0.4, 0.5) is 4.39 Å². The van der Waals surface area contributed by atoms with Crippen LogP contribution < -0.4 is 14.2 Å². The second-order valence-corrected chi connectivity index (χ2v) is 12.5. The number of Topliss-reactive ketones (excluding diaryl/α,β-unsaturated/α-hetero) is 1. The number of hydrogen-bond acceptors (Lipinski definition) is 6. The van der Waals surface area contributed by atoms with E-state index in [1.165, 1.54) is 11.0 Å². The third-order valence-corrected chi connectivity index (χ3v) is 8.88. The molecule has 0 saturated carbocycles. The molecule has 39 heavy (non-hydrogen) atoms. The fourth-order valence-electron chi connectivity index (χ4n) is 6.03. The summed E-state index contributed by atoms with van der Waals surface area (Å²) in [4.78, 5) is 40.8. The molecule has 1 aliphatic carbocycles. The lowest BCUT2D eigenvalue weighted by molar-refractivity contribution is -0.141. The van der Waals surface area contributed by atoms with Gasteiger partial charge in [0, 0.05) is 13.0 Å². The summed E-state index contributed by atoms with van der Waals surface area (Å²) < 4.78 is 48.1. The van der Waals surface area contributed by atoms with E-state index in [2.05, 4.69) is 4.72 Å². The number of benzene rings is 2. The Hall–Kier alpha value is -3.31. The van der Waals surface area contributed by atoms with Crippen molar-refractivity contribution in [1.29, 1.82) is 0 Å². The predicted octanol–water partition coefficient (Wildman–Crippen LogP) is 2.41. The van der Waals surface area contributed by atoms with Crippen LogP contribution >= 0.6 is 0 Å². The number of carbonyl (C=O) groups is 3. The van der Waals surface area contributed by atoms with Crippen molar-refractivity contribution in [3.8, 4) is 5.75 Å². The van der Waals surface area contributed by atoms with Crippen LogP contribution in [0.2, 0.25) is 0 Å². The van der Waals surface area contributed by atoms with Gasteiger partial charge in [-0.3, -0.25) is 14.4 Å². The highest BCUT2D eigenvalue weighted by Gasteiger charge is 2.41. The molecule has 0 radical (unpaired) electrons. The molecular formula is C28H32FN3O6S. The third-order valence-electron chi connectivity index (χ3n) is 7.81. The Morgan fingerprint density at radius 1 is 1.15 bits per heavy atom. The average molecular weight is 558 g/mol. The zero-order chi connectivity index (χ0) is 28.1. The minimum absolute atomic E-state index is 0.0811. The van der Waals surface area contributed by atoms with Gasteiger partial charge in [0.1, 0.15) is 23.7 Å². The molecule has 2 N–H and O–H groups in total. The van der Waals surface area contributed by atoms with E-state index >= 15 is 4.39 Å². The van der Waals surface area contributed by atoms with Crippen molar-refractivity contribution in [2.45, 2.75) is 70.4 Å². The van der Waals surface area contributed by atoms with Crippen LogP contribution in [0.3, 0.4) is 0 Å². The number of ketones is 1. The molecule has 11 heteroatoms. The first-order valence-corrected chi connectivity index (χ1v) is 14.6. The molecule has 2 aliphatic heterocycles. The van der Waals surface area contributed by atoms with E-state index in [0.29, 0.717) is 35.5 Å². The van der Waals surface area contributed by atoms with Gasteiger partial charge in [-0.2, -0.15) is 13.1 Å². The van der Waals surface area contributed by atoms with Crippen molar-refractivity contribution in [3.05, 3.63) is 64.0 Å². The molecule has 9 nitrogen and oxygen atoms in total. The first-order valence-electron chi connectivity index (χ1n) is 13.1. The van der Waals surface area contributed by atoms with Crippen molar-refractivity contribution >= 4 is 27.8 Å². The van der Waals surface area contributed by atoms with Gasteiger partial charge in [0.25, 0.3) is 5.91 Å². The van der Waals surface area contributed by atoms with Crippen LogP contribution in [0.25, 0.3) is 0 Å². The second kappa shape index (κ2) is 10.0. The molecule has 208 valence electrons. The molecule has 1 fully saturated rings. The highest BCUT2D eigenvalue weighted by molar-refractivity contribution is 7.88. The summed E-state index contributed by atoms with van der Waals surface area (Å²) in [7, 11) is -4.00. The van der Waals surface area contributed by atoms with Crippen molar-refractivity contribution in [3.63, 3.8) is 0 Å². The molecular weight excluding hydrogens is 525 g/mol. The number of fused-ring (bicyclic) bond motifs is 2. The molecule has 2 aromatic carbocycles. The summed E-state index contributed by atoms with van der Waals surface area (Å²) in [5.41, 5.74) is 3.38. The zero-order valence-electron chi connectivity index (χ0n) is 22.2. The number of carbonyl (C=O) groups excluding carboxylic acids is 3. The van der Waals surface area contributed by atoms with E-state index < -0.39 is 40.5 Å². The Bertz CT molecular complexity index is 1470. The minimum atomic E-state index is -4.00. The number of halogens is 1. The Morgan fingerprint density at radius 3 is 2.62 bits per heavy atom. The summed E-state index contributed by atoms with van der Waals surface area (Å²) in [6, 6.07) is 6.44. The summed E-state index contributed by atoms with van der Waals surface area (Å²) in [5.74, 6) is -1.30. The van der Waals surface area contributed by atoms with E-state index in [1.807, 2.05) is 37.6 Å². The highest BCUT2D eigenvalue weighted by Crippen LogP contribution is 2.41. The van der Waals surface area contributed by atoms with Gasteiger partial charge in [-0.1, -0.05) is 26.0 Å². The first kappa shape index (κ1) is 27.3. The molecule has 5 rings (SSSR count). The van der Waals surface area contributed by atoms with Gasteiger partial charge in [0.2, 0.25) is 5.91 Å². The average Bonchev–Trinajstić information content (AvgIpc) is 3.30. The van der Waals surface area contributed by atoms with Crippen LogP contribution in [-0.4, -0.2) is 50.1 Å². The molecule has 3 aliphatic rings. The largest absolute Gasteiger partial charge is 0.494 e. The van der Waals surface area contributed by atoms with Gasteiger partial charge in [-0.15, -0.1) is 0 Å². The third kappa shape index (κ3) is 5.29. The fraction of sp³-hybridized carbons (Fsp3) is 0.464. The molecule has 2 aromatic rings. The topological polar surface area (TPSA) is 122 Å². The molecule has 1 saturated heterocycles. The second-order valence-electron chi connectivity index (χ2n) is 11.0. The molecule has 2 atom stereocenters. The molecule has 2 heterocycles. The van der Waals surface area contributed by atoms with Crippen LogP contribution in [0.5, 0.6) is 5.75 Å². The van der Waals surface area contributed by atoms with Crippen LogP contribution in [0.1, 0.15) is 67.5 Å². The number of rotatable bonds is 7. The zero-order valence-corrected chi connectivity index (χ0v) is 23.0. The summed E-state index contributed by atoms with van der Waals surface area (Å²) in [6.07, 6.45) is 1.51. The van der Waals surface area contributed by atoms with E-state index in [0.717, 1.165) is 24.0 Å². The Kier molecular flexibility index (Phi) is 7.00. The predicted molar refractivity (Wildman–Crippen MR) is 141 cm³/mol. The lowest BCUT2D eigenvalue weighted by Crippen LogP contribution is -2.46. The van der Waals surface area contributed by atoms with E-state index in [4.69, 9.17) is 4.74 Å². The van der Waals surface area contributed by atoms with Gasteiger partial charge in [0.05, 0.1) is 13.0 Å². The highest BCUT2D eigenvalue weighted by atomic mass is 32.2. The summed E-state index contributed by atoms with van der Waals surface area (Å²) >= 11 is 0. The molecule has 0 spiro atoms. The summed E-state index contributed by atoms with van der Waals surface area (Å²) in [6.45, 7) is 6.57. The monoisotopic (exact) mass is 557 g/mol. The molecule has 0 bridgehead atoms. The number of amides is 2. The molecule has 0 unspecified atom stereocenters. The van der Waals surface area contributed by atoms with Gasteiger partial charge in [-0.05, 0) is 77.6 Å². The van der Waals surface area contributed by atoms with Crippen LogP contribution in [0.15, 0.2) is 30.3 Å². The van der Waals surface area contributed by atoms with Crippen LogP contribution in [-0.2, 0) is 49.3 Å². The Balaban J connectivity index is 1.45. The number of nitrogens with one attached hydrogen (secondary N) is 2. The van der Waals surface area contributed by atoms with Crippen LogP contribution in [0, 0.1) is 5.82 Å². The molecule has 2 amide bonds. The van der Waals surface area contributed by atoms with Gasteiger partial charge in [-0.25, -0.2) is 9.11 Å². The van der Waals surface area contributed by atoms with Crippen molar-refractivity contribution in [2.24, 2.45) is 0 Å². The maximum Gasteiger partial charge on any atom is 0.302 e. The lowest BCUT2D eigenvalue weighted by atomic mass is 9.84. The minimum Gasteiger partial charge on any atom is -0.494 e. The number of hydrogen-bond donors (Lipinski definition) is 2. The normalized spacial score (nSPS) is 22.7. The van der Waals surface area contributed by atoms with E-state index in [1.54, 1.807) is 12.1 Å². The van der Waals surface area contributed by atoms with Gasteiger partial charge >= 0.3 is 10.2 Å². The van der Waals surface area contributed by atoms with E-state index in [-0.39, 0.29) is 30.0 Å². The number of nitrogens with zero attached hydrogens (tertiary/aromatic N) is 1. The van der Waals surface area contributed by atoms with Gasteiger partial charge < -0.3 is 9.64 Å². The standard InChI is InChI=1S/C28H32FN3O6S/c1-4-38-19-5-6-20-17(14-19)8-10-32(24(34)15-22-27(35)31-39(36,37)30-22)26(20)23(33)13-16-11-18-7-9-28(2,3)25(18)21(29)12-16/h5-6,11-12,14,22,26,30H,4,7-10,13,15H2,1-3H3,(H,31,35)/t22-,26+/m0/s1. The maximum absolute atomic E-state index is 15.1. The smallest absolute Gasteiger partial charge is 0.302 e. The quantitative estimate of drug-likeness (QED) is 0.539. The number of aryl methyl sites for hydroxylation is 1. The first-order chi connectivity index (χ1) is 18.4. The Morgan fingerprint density at radius 2 is 1.92 bits per heavy atom. The Labute approximate surface area is 227 Å². The maximum atomic E-state index is 15.1. The van der Waals surface area contributed by atoms with Gasteiger partial charge in [0.15, 0.2) is 5.78 Å². The van der Waals surface area contributed by atoms with Crippen molar-refractivity contribution in [1.82, 2.24) is 14.3 Å². The lowest BCUT2D eigenvalue weighted by Gasteiger charge is -2.37. The summed E-state index contributed by atoms with van der Waals surface area (Å²) in [5, 5.41) is 0. The molecule has 0 aromatic heterocycles. The SMILES string of the molecule is CCOc1ccc2c(c1)CCN(C(=O)C[C@@H]1NS(=O)(=O)NC1=O)[C@H]2C(=O)Cc1cc(F)c2c(c1)CCC2(C)C.